The van der Waals surface area contributed by atoms with Gasteiger partial charge in [0.25, 0.3) is 0 Å². The van der Waals surface area contributed by atoms with Gasteiger partial charge in [-0.2, -0.15) is 0 Å². The quantitative estimate of drug-likeness (QED) is 0.826. The molecule has 1 aromatic carbocycles. The van der Waals surface area contributed by atoms with E-state index in [4.69, 9.17) is 0 Å². The summed E-state index contributed by atoms with van der Waals surface area (Å²) in [5.74, 6) is 0.454. The number of hydrogen-bond donors (Lipinski definition) is 2. The molecular formula is C15H18BFN2O2. The molecule has 0 spiro atoms. The minimum absolute atomic E-state index is 0.215. The topological polar surface area (TPSA) is 58.3 Å². The average Bonchev–Trinajstić information content (AvgIpc) is 2.77. The van der Waals surface area contributed by atoms with Crippen molar-refractivity contribution < 1.29 is 14.4 Å². The molecule has 6 heteroatoms. The molecule has 2 N–H and O–H groups in total. The van der Waals surface area contributed by atoms with Crippen LogP contribution < -0.4 is 5.46 Å². The van der Waals surface area contributed by atoms with E-state index in [1.807, 2.05) is 6.92 Å². The van der Waals surface area contributed by atoms with Crippen LogP contribution in [0.15, 0.2) is 18.2 Å². The van der Waals surface area contributed by atoms with E-state index in [9.17, 15) is 14.4 Å². The second kappa shape index (κ2) is 5.62. The minimum atomic E-state index is -1.67. The molecule has 0 radical (unpaired) electrons. The third kappa shape index (κ3) is 2.73. The third-order valence-corrected chi connectivity index (χ3v) is 4.14. The second-order valence-corrected chi connectivity index (χ2v) is 5.56. The molecule has 110 valence electrons. The second-order valence-electron chi connectivity index (χ2n) is 5.56. The van der Waals surface area contributed by atoms with E-state index in [-0.39, 0.29) is 5.46 Å². The Morgan fingerprint density at radius 3 is 2.81 bits per heavy atom. The molecular weight excluding hydrogens is 270 g/mol. The maximum Gasteiger partial charge on any atom is 0.488 e. The van der Waals surface area contributed by atoms with Gasteiger partial charge < -0.3 is 14.6 Å². The van der Waals surface area contributed by atoms with Crippen molar-refractivity contribution in [2.24, 2.45) is 0 Å². The van der Waals surface area contributed by atoms with Gasteiger partial charge in [-0.3, -0.25) is 0 Å². The van der Waals surface area contributed by atoms with Crippen LogP contribution in [0.1, 0.15) is 35.6 Å². The molecule has 21 heavy (non-hydrogen) atoms. The van der Waals surface area contributed by atoms with Gasteiger partial charge in [0.15, 0.2) is 0 Å². The molecule has 0 saturated carbocycles. The third-order valence-electron chi connectivity index (χ3n) is 4.14. The van der Waals surface area contributed by atoms with Crippen molar-refractivity contribution in [1.29, 1.82) is 0 Å². The van der Waals surface area contributed by atoms with Gasteiger partial charge in [-0.05, 0) is 55.8 Å². The summed E-state index contributed by atoms with van der Waals surface area (Å²) in [5.41, 5.74) is 3.29. The van der Waals surface area contributed by atoms with Crippen molar-refractivity contribution in [3.8, 4) is 0 Å². The fraction of sp³-hybridized carbons (Fsp3) is 0.400. The first-order chi connectivity index (χ1) is 10.1. The van der Waals surface area contributed by atoms with Gasteiger partial charge in [0.1, 0.15) is 11.6 Å². The van der Waals surface area contributed by atoms with Gasteiger partial charge in [-0.25, -0.2) is 9.37 Å². The van der Waals surface area contributed by atoms with E-state index in [0.29, 0.717) is 12.1 Å². The highest BCUT2D eigenvalue weighted by molar-refractivity contribution is 6.59. The number of halogens is 1. The van der Waals surface area contributed by atoms with Crippen LogP contribution in [0.5, 0.6) is 0 Å². The van der Waals surface area contributed by atoms with Crippen molar-refractivity contribution in [2.75, 3.05) is 0 Å². The lowest BCUT2D eigenvalue weighted by Gasteiger charge is -2.16. The Hall–Kier alpha value is -1.66. The molecule has 0 atom stereocenters. The minimum Gasteiger partial charge on any atom is -0.423 e. The Bertz CT molecular complexity index is 670. The van der Waals surface area contributed by atoms with Crippen LogP contribution in [0.25, 0.3) is 0 Å². The van der Waals surface area contributed by atoms with E-state index in [2.05, 4.69) is 9.55 Å². The smallest absolute Gasteiger partial charge is 0.423 e. The number of aromatic nitrogens is 2. The van der Waals surface area contributed by atoms with Gasteiger partial charge >= 0.3 is 7.12 Å². The highest BCUT2D eigenvalue weighted by Crippen LogP contribution is 2.22. The summed E-state index contributed by atoms with van der Waals surface area (Å²) in [4.78, 5) is 4.60. The number of rotatable bonds is 3. The fourth-order valence-corrected chi connectivity index (χ4v) is 3.07. The number of fused-ring (bicyclic) bond motifs is 1. The van der Waals surface area contributed by atoms with Crippen LogP contribution >= 0.6 is 0 Å². The summed E-state index contributed by atoms with van der Waals surface area (Å²) in [5, 5.41) is 18.9. The Kier molecular flexibility index (Phi) is 3.82. The summed E-state index contributed by atoms with van der Waals surface area (Å²) < 4.78 is 15.4. The molecule has 0 aliphatic heterocycles. The van der Waals surface area contributed by atoms with E-state index < -0.39 is 12.9 Å². The van der Waals surface area contributed by atoms with Crippen molar-refractivity contribution in [3.63, 3.8) is 0 Å². The van der Waals surface area contributed by atoms with Gasteiger partial charge in [0.2, 0.25) is 0 Å². The number of benzene rings is 1. The molecule has 0 amide bonds. The molecule has 1 aliphatic rings. The van der Waals surface area contributed by atoms with Gasteiger partial charge in [0, 0.05) is 12.2 Å². The van der Waals surface area contributed by atoms with Gasteiger partial charge in [0.05, 0.1) is 5.69 Å². The predicted molar refractivity (Wildman–Crippen MR) is 78.9 cm³/mol. The van der Waals surface area contributed by atoms with Crippen LogP contribution in [0.4, 0.5) is 4.39 Å². The lowest BCUT2D eigenvalue weighted by molar-refractivity contribution is 0.424. The zero-order valence-electron chi connectivity index (χ0n) is 12.0. The number of nitrogens with zero attached hydrogens (tertiary/aromatic N) is 2. The molecule has 4 nitrogen and oxygen atoms in total. The summed E-state index contributed by atoms with van der Waals surface area (Å²) in [6, 6.07) is 4.14. The van der Waals surface area contributed by atoms with E-state index in [1.54, 1.807) is 6.07 Å². The van der Waals surface area contributed by atoms with Crippen molar-refractivity contribution in [2.45, 2.75) is 39.2 Å². The van der Waals surface area contributed by atoms with Gasteiger partial charge in [-0.1, -0.05) is 6.07 Å². The van der Waals surface area contributed by atoms with Gasteiger partial charge in [-0.15, -0.1) is 0 Å². The highest BCUT2D eigenvalue weighted by atomic mass is 19.1. The zero-order valence-corrected chi connectivity index (χ0v) is 12.0. The lowest BCUT2D eigenvalue weighted by atomic mass is 9.77. The van der Waals surface area contributed by atoms with Crippen molar-refractivity contribution in [3.05, 3.63) is 46.8 Å². The largest absolute Gasteiger partial charge is 0.488 e. The molecule has 1 aromatic heterocycles. The predicted octanol–water partition coefficient (Wildman–Crippen LogP) is 0.938. The molecule has 0 saturated heterocycles. The Labute approximate surface area is 123 Å². The van der Waals surface area contributed by atoms with E-state index >= 15 is 0 Å². The van der Waals surface area contributed by atoms with Crippen LogP contribution in [0.3, 0.4) is 0 Å². The lowest BCUT2D eigenvalue weighted by Crippen LogP contribution is -2.34. The molecule has 0 bridgehead atoms. The normalized spacial score (nSPS) is 14.1. The molecule has 1 heterocycles. The Morgan fingerprint density at radius 2 is 2.05 bits per heavy atom. The number of aryl methyl sites for hydroxylation is 2. The van der Waals surface area contributed by atoms with Crippen molar-refractivity contribution in [1.82, 2.24) is 9.55 Å². The Morgan fingerprint density at radius 1 is 1.29 bits per heavy atom. The molecule has 2 aromatic rings. The maximum absolute atomic E-state index is 13.3. The zero-order chi connectivity index (χ0) is 15.0. The summed E-state index contributed by atoms with van der Waals surface area (Å²) in [6.07, 6.45) is 4.31. The summed E-state index contributed by atoms with van der Waals surface area (Å²) >= 11 is 0. The number of imidazole rings is 1. The number of hydrogen-bond acceptors (Lipinski definition) is 3. The summed E-state index contributed by atoms with van der Waals surface area (Å²) in [7, 11) is -1.67. The first kappa shape index (κ1) is 14.3. The van der Waals surface area contributed by atoms with Crippen molar-refractivity contribution >= 4 is 12.6 Å². The van der Waals surface area contributed by atoms with E-state index in [1.165, 1.54) is 24.2 Å². The average molecular weight is 288 g/mol. The molecule has 0 unspecified atom stereocenters. The van der Waals surface area contributed by atoms with E-state index in [0.717, 1.165) is 30.8 Å². The highest BCUT2D eigenvalue weighted by Gasteiger charge is 2.21. The first-order valence-corrected chi connectivity index (χ1v) is 7.25. The summed E-state index contributed by atoms with van der Waals surface area (Å²) in [6.45, 7) is 2.44. The first-order valence-electron chi connectivity index (χ1n) is 7.25. The standard InChI is InChI=1S/C15H18BFN2O2/c1-10-18-14-4-2-3-5-15(14)19(10)9-11-6-7-12(17)8-13(11)16(20)21/h6-8,20-21H,2-5,9H2,1H3. The van der Waals surface area contributed by atoms with Crippen LogP contribution in [-0.4, -0.2) is 26.7 Å². The molecule has 0 fully saturated rings. The monoisotopic (exact) mass is 288 g/mol. The Balaban J connectivity index is 1.99. The molecule has 3 rings (SSSR count). The fourth-order valence-electron chi connectivity index (χ4n) is 3.07. The van der Waals surface area contributed by atoms with Crippen LogP contribution in [0.2, 0.25) is 0 Å². The maximum atomic E-state index is 13.3. The van der Waals surface area contributed by atoms with Crippen LogP contribution in [-0.2, 0) is 19.4 Å². The SMILES string of the molecule is Cc1nc2c(n1Cc1ccc(F)cc1B(O)O)CCCC2. The molecule has 1 aliphatic carbocycles. The van der Waals surface area contributed by atoms with Crippen LogP contribution in [0, 0.1) is 12.7 Å².